The Bertz CT molecular complexity index is 3420. The van der Waals surface area contributed by atoms with Crippen LogP contribution in [0.5, 0.6) is 0 Å². The van der Waals surface area contributed by atoms with Gasteiger partial charge in [0, 0.05) is 33.9 Å². The summed E-state index contributed by atoms with van der Waals surface area (Å²) in [5.41, 5.74) is 24.9. The summed E-state index contributed by atoms with van der Waals surface area (Å²) in [5.74, 6) is 0. The number of nitrogens with zero attached hydrogens (tertiary/aromatic N) is 2. The molecular weight excluding hydrogens is 864 g/mol. The molecule has 8 aromatic rings. The molecule has 0 unspecified atom stereocenters. The summed E-state index contributed by atoms with van der Waals surface area (Å²) >= 11 is 2.03. The van der Waals surface area contributed by atoms with Gasteiger partial charge in [0.2, 0.25) is 0 Å². The number of thiophene rings is 1. The van der Waals surface area contributed by atoms with Crippen molar-refractivity contribution in [2.45, 2.75) is 142 Å². The zero-order valence-electron chi connectivity index (χ0n) is 43.7. The Hall–Kier alpha value is -5.84. The smallest absolute Gasteiger partial charge is 0.334 e. The molecule has 1 aromatic heterocycles. The quantitative estimate of drug-likeness (QED) is 0.159. The fourth-order valence-corrected chi connectivity index (χ4v) is 14.2. The van der Waals surface area contributed by atoms with E-state index in [0.717, 1.165) is 6.54 Å². The van der Waals surface area contributed by atoms with Crippen molar-refractivity contribution in [3.8, 4) is 33.4 Å². The molecule has 0 amide bonds. The van der Waals surface area contributed by atoms with Gasteiger partial charge in [0.05, 0.1) is 5.00 Å². The lowest BCUT2D eigenvalue weighted by Gasteiger charge is -2.46. The molecule has 2 aliphatic carbocycles. The highest BCUT2D eigenvalue weighted by Crippen LogP contribution is 2.54. The third-order valence-electron chi connectivity index (χ3n) is 17.5. The molecule has 0 radical (unpaired) electrons. The van der Waals surface area contributed by atoms with Crippen LogP contribution in [0.3, 0.4) is 0 Å². The summed E-state index contributed by atoms with van der Waals surface area (Å²) < 4.78 is 1.40. The normalized spacial score (nSPS) is 17.9. The fraction of sp³-hybridized carbons (Fsp3) is 0.333. The average Bonchev–Trinajstić information content (AvgIpc) is 3.71. The maximum atomic E-state index is 2.79. The third kappa shape index (κ3) is 7.09. The van der Waals surface area contributed by atoms with Gasteiger partial charge in [-0.2, -0.15) is 0 Å². The van der Waals surface area contributed by atoms with Crippen LogP contribution in [0.15, 0.2) is 140 Å². The van der Waals surface area contributed by atoms with Gasteiger partial charge in [-0.1, -0.05) is 173 Å². The molecule has 70 heavy (non-hydrogen) atoms. The summed E-state index contributed by atoms with van der Waals surface area (Å²) in [5, 5.41) is 2.78. The maximum absolute atomic E-state index is 2.79. The maximum Gasteiger partial charge on any atom is 0.334 e. The lowest BCUT2D eigenvalue weighted by Crippen LogP contribution is -2.61. The van der Waals surface area contributed by atoms with Crippen LogP contribution in [0.2, 0.25) is 0 Å². The van der Waals surface area contributed by atoms with Crippen molar-refractivity contribution in [3.05, 3.63) is 178 Å². The highest BCUT2D eigenvalue weighted by molar-refractivity contribution is 7.26. The van der Waals surface area contributed by atoms with E-state index in [-0.39, 0.29) is 33.9 Å². The van der Waals surface area contributed by atoms with E-state index in [1.807, 2.05) is 11.3 Å². The molecule has 0 N–H and O–H groups in total. The minimum atomic E-state index is -0.0481. The second-order valence-electron chi connectivity index (χ2n) is 25.2. The van der Waals surface area contributed by atoms with Crippen molar-refractivity contribution in [1.29, 1.82) is 0 Å². The van der Waals surface area contributed by atoms with E-state index in [0.29, 0.717) is 0 Å². The van der Waals surface area contributed by atoms with Crippen molar-refractivity contribution >= 4 is 61.3 Å². The van der Waals surface area contributed by atoms with Crippen LogP contribution in [0.25, 0.3) is 43.5 Å². The van der Waals surface area contributed by atoms with Crippen LogP contribution in [-0.2, 0) is 33.6 Å². The number of anilines is 4. The van der Waals surface area contributed by atoms with E-state index < -0.39 is 0 Å². The molecule has 0 atom stereocenters. The molecule has 2 nitrogen and oxygen atoms in total. The Kier molecular flexibility index (Phi) is 10.1. The van der Waals surface area contributed by atoms with Gasteiger partial charge in [-0.15, -0.1) is 11.3 Å². The fourth-order valence-electron chi connectivity index (χ4n) is 13.0. The molecule has 4 heteroatoms. The molecule has 12 rings (SSSR count). The minimum Gasteiger partial charge on any atom is -0.376 e. The number of hydrogen-bond acceptors (Lipinski definition) is 3. The lowest BCUT2D eigenvalue weighted by atomic mass is 9.43. The van der Waals surface area contributed by atoms with E-state index in [9.17, 15) is 0 Å². The molecule has 352 valence electrons. The molecule has 0 bridgehead atoms. The van der Waals surface area contributed by atoms with Crippen LogP contribution in [0.4, 0.5) is 22.1 Å². The van der Waals surface area contributed by atoms with Crippen LogP contribution in [0.1, 0.15) is 141 Å². The van der Waals surface area contributed by atoms with Gasteiger partial charge in [0.1, 0.15) is 0 Å². The highest BCUT2D eigenvalue weighted by Gasteiger charge is 2.49. The SMILES string of the molecule is Cc1cc2c3c(c1)N(Cc1ccc(C(C)(C)C)cc1-c1ccccc1)c1sc4cc5c(cc4c1B3N(c1ccc3c(c1)C(C)(C)CCC3(C)C)c1ccc(-c3ccccc3)cc1-2)C(C)(C)CCC5(C)C. The summed E-state index contributed by atoms with van der Waals surface area (Å²) in [7, 11) is 0. The van der Waals surface area contributed by atoms with E-state index in [1.165, 1.54) is 141 Å². The van der Waals surface area contributed by atoms with E-state index >= 15 is 0 Å². The molecule has 0 saturated heterocycles. The van der Waals surface area contributed by atoms with E-state index in [1.54, 1.807) is 0 Å². The van der Waals surface area contributed by atoms with Crippen molar-refractivity contribution in [2.75, 3.05) is 9.71 Å². The Balaban J connectivity index is 1.18. The first-order valence-corrected chi connectivity index (χ1v) is 26.9. The third-order valence-corrected chi connectivity index (χ3v) is 18.7. The van der Waals surface area contributed by atoms with Gasteiger partial charge in [-0.25, -0.2) is 0 Å². The van der Waals surface area contributed by atoms with Gasteiger partial charge in [-0.3, -0.25) is 0 Å². The van der Waals surface area contributed by atoms with Gasteiger partial charge >= 0.3 is 6.85 Å². The molecule has 7 aromatic carbocycles. The monoisotopic (exact) mass is 933 g/mol. The summed E-state index contributed by atoms with van der Waals surface area (Å²) in [4.78, 5) is 5.53. The van der Waals surface area contributed by atoms with E-state index in [2.05, 4.69) is 232 Å². The largest absolute Gasteiger partial charge is 0.376 e. The van der Waals surface area contributed by atoms with Crippen molar-refractivity contribution in [2.24, 2.45) is 0 Å². The van der Waals surface area contributed by atoms with Crippen LogP contribution < -0.4 is 20.6 Å². The van der Waals surface area contributed by atoms with Crippen molar-refractivity contribution in [3.63, 3.8) is 0 Å². The Morgan fingerprint density at radius 3 is 1.79 bits per heavy atom. The van der Waals surface area contributed by atoms with Crippen LogP contribution in [-0.4, -0.2) is 6.85 Å². The first-order chi connectivity index (χ1) is 33.2. The minimum absolute atomic E-state index is 0.0203. The summed E-state index contributed by atoms with van der Waals surface area (Å²) in [6, 6.07) is 54.7. The molecule has 0 fully saturated rings. The molecular formula is C66H69BN2S. The standard InChI is InChI=1S/C66H69BN2S/c1-41-33-50-49-35-44(42-19-15-13-16-20-42)24-28-56(49)69(47-26-27-52-53(37-47)64(7,8)30-29-63(52,5)6)67-59(50)57(34-41)68(40-45-23-25-46(62(2,3)4)36-48(45)43-21-17-14-18-22-43)61-60(67)51-38-54-55(39-58(51)70-61)66(11,12)32-31-65(54,9)10/h13-28,33-39H,29-32,40H2,1-12H3. The molecule has 0 saturated carbocycles. The Labute approximate surface area is 422 Å². The predicted octanol–water partition coefficient (Wildman–Crippen LogP) is 17.1. The second kappa shape index (κ2) is 15.6. The highest BCUT2D eigenvalue weighted by atomic mass is 32.1. The van der Waals surface area contributed by atoms with Crippen LogP contribution in [0, 0.1) is 6.92 Å². The Morgan fingerprint density at radius 2 is 1.13 bits per heavy atom. The van der Waals surface area contributed by atoms with Gasteiger partial charge in [-0.05, 0) is 185 Å². The van der Waals surface area contributed by atoms with Gasteiger partial charge < -0.3 is 9.71 Å². The second-order valence-corrected chi connectivity index (χ2v) is 26.2. The van der Waals surface area contributed by atoms with Crippen molar-refractivity contribution in [1.82, 2.24) is 0 Å². The summed E-state index contributed by atoms with van der Waals surface area (Å²) in [6.07, 6.45) is 4.75. The van der Waals surface area contributed by atoms with Crippen LogP contribution >= 0.6 is 11.3 Å². The molecule has 4 aliphatic rings. The number of fused-ring (bicyclic) bond motifs is 8. The number of benzene rings is 7. The van der Waals surface area contributed by atoms with Crippen molar-refractivity contribution < 1.29 is 0 Å². The Morgan fingerprint density at radius 1 is 0.514 bits per heavy atom. The average molecular weight is 933 g/mol. The number of rotatable bonds is 5. The zero-order valence-corrected chi connectivity index (χ0v) is 44.5. The predicted molar refractivity (Wildman–Crippen MR) is 304 cm³/mol. The number of aryl methyl sites for hydroxylation is 1. The molecule has 0 spiro atoms. The molecule has 2 aliphatic heterocycles. The molecule has 3 heterocycles. The van der Waals surface area contributed by atoms with Gasteiger partial charge in [0.25, 0.3) is 0 Å². The first kappa shape index (κ1) is 45.3. The first-order valence-electron chi connectivity index (χ1n) is 26.1. The zero-order chi connectivity index (χ0) is 48.9. The topological polar surface area (TPSA) is 6.48 Å². The van der Waals surface area contributed by atoms with E-state index in [4.69, 9.17) is 0 Å². The lowest BCUT2D eigenvalue weighted by molar-refractivity contribution is 0.332. The number of hydrogen-bond donors (Lipinski definition) is 0. The van der Waals surface area contributed by atoms with Gasteiger partial charge in [0.15, 0.2) is 0 Å². The summed E-state index contributed by atoms with van der Waals surface area (Å²) in [6.45, 7) is 29.8.